The van der Waals surface area contributed by atoms with Crippen molar-refractivity contribution in [3.05, 3.63) is 27.6 Å². The first-order valence-electron chi connectivity index (χ1n) is 5.60. The number of thiophene rings is 1. The van der Waals surface area contributed by atoms with Gasteiger partial charge in [0.05, 0.1) is 4.88 Å². The highest BCUT2D eigenvalue weighted by Crippen LogP contribution is 2.37. The second-order valence-corrected chi connectivity index (χ2v) is 7.43. The SMILES string of the molecule is Cc1sc(-c2ccc(C(C)(C)C)s2)nc1C(=O)O. The first kappa shape index (κ1) is 13.2. The van der Waals surface area contributed by atoms with Crippen LogP contribution in [-0.4, -0.2) is 16.1 Å². The molecule has 0 aromatic carbocycles. The van der Waals surface area contributed by atoms with Gasteiger partial charge >= 0.3 is 5.97 Å². The van der Waals surface area contributed by atoms with Crippen LogP contribution in [0.4, 0.5) is 0 Å². The third-order valence-corrected chi connectivity index (χ3v) is 5.21. The highest BCUT2D eigenvalue weighted by molar-refractivity contribution is 7.22. The summed E-state index contributed by atoms with van der Waals surface area (Å²) in [7, 11) is 0. The predicted molar refractivity (Wildman–Crippen MR) is 75.8 cm³/mol. The zero-order valence-electron chi connectivity index (χ0n) is 10.8. The summed E-state index contributed by atoms with van der Waals surface area (Å²) in [4.78, 5) is 18.3. The van der Waals surface area contributed by atoms with E-state index in [1.807, 2.05) is 6.07 Å². The summed E-state index contributed by atoms with van der Waals surface area (Å²) in [6.45, 7) is 8.29. The predicted octanol–water partition coefficient (Wildman–Crippen LogP) is 4.18. The number of rotatable bonds is 2. The number of hydrogen-bond acceptors (Lipinski definition) is 4. The van der Waals surface area contributed by atoms with Gasteiger partial charge in [-0.1, -0.05) is 20.8 Å². The third-order valence-electron chi connectivity index (χ3n) is 2.56. The third kappa shape index (κ3) is 2.47. The smallest absolute Gasteiger partial charge is 0.355 e. The fourth-order valence-corrected chi connectivity index (χ4v) is 3.58. The minimum Gasteiger partial charge on any atom is -0.476 e. The molecule has 2 heterocycles. The molecule has 2 aromatic heterocycles. The molecule has 2 rings (SSSR count). The number of carboxylic acid groups (broad SMARTS) is 1. The molecule has 2 aromatic rings. The number of carbonyl (C=O) groups is 1. The van der Waals surface area contributed by atoms with E-state index in [0.29, 0.717) is 0 Å². The summed E-state index contributed by atoms with van der Waals surface area (Å²) in [5, 5.41) is 9.80. The van der Waals surface area contributed by atoms with E-state index in [9.17, 15) is 4.79 Å². The van der Waals surface area contributed by atoms with Gasteiger partial charge in [-0.2, -0.15) is 0 Å². The molecule has 0 saturated carbocycles. The lowest BCUT2D eigenvalue weighted by Crippen LogP contribution is -2.07. The Kier molecular flexibility index (Phi) is 3.29. The molecule has 0 unspecified atom stereocenters. The van der Waals surface area contributed by atoms with Crippen molar-refractivity contribution in [3.8, 4) is 9.88 Å². The second kappa shape index (κ2) is 4.48. The van der Waals surface area contributed by atoms with Crippen LogP contribution in [0.5, 0.6) is 0 Å². The number of aromatic nitrogens is 1. The van der Waals surface area contributed by atoms with Gasteiger partial charge in [0.15, 0.2) is 5.69 Å². The molecular formula is C13H15NO2S2. The van der Waals surface area contributed by atoms with Crippen LogP contribution in [0.25, 0.3) is 9.88 Å². The molecule has 5 heteroatoms. The van der Waals surface area contributed by atoms with Gasteiger partial charge in [0.2, 0.25) is 0 Å². The Labute approximate surface area is 114 Å². The van der Waals surface area contributed by atoms with Crippen molar-refractivity contribution in [1.82, 2.24) is 4.98 Å². The number of aryl methyl sites for hydroxylation is 1. The van der Waals surface area contributed by atoms with Gasteiger partial charge in [0.25, 0.3) is 0 Å². The summed E-state index contributed by atoms with van der Waals surface area (Å²) in [5.41, 5.74) is 0.283. The van der Waals surface area contributed by atoms with Gasteiger partial charge in [0, 0.05) is 9.75 Å². The summed E-state index contributed by atoms with van der Waals surface area (Å²) in [6.07, 6.45) is 0. The van der Waals surface area contributed by atoms with Crippen molar-refractivity contribution >= 4 is 28.6 Å². The van der Waals surface area contributed by atoms with Crippen molar-refractivity contribution in [2.24, 2.45) is 0 Å². The summed E-state index contributed by atoms with van der Waals surface area (Å²) < 4.78 is 0. The van der Waals surface area contributed by atoms with E-state index in [1.54, 1.807) is 18.3 Å². The average molecular weight is 281 g/mol. The van der Waals surface area contributed by atoms with E-state index in [2.05, 4.69) is 31.8 Å². The molecule has 0 aliphatic rings. The first-order chi connectivity index (χ1) is 8.29. The maximum absolute atomic E-state index is 11.0. The Morgan fingerprint density at radius 2 is 1.94 bits per heavy atom. The number of hydrogen-bond donors (Lipinski definition) is 1. The van der Waals surface area contributed by atoms with E-state index in [0.717, 1.165) is 14.8 Å². The number of thiazole rings is 1. The Morgan fingerprint density at radius 1 is 1.28 bits per heavy atom. The van der Waals surface area contributed by atoms with Gasteiger partial charge in [-0.25, -0.2) is 9.78 Å². The summed E-state index contributed by atoms with van der Waals surface area (Å²) >= 11 is 3.12. The molecule has 0 atom stereocenters. The van der Waals surface area contributed by atoms with E-state index in [-0.39, 0.29) is 11.1 Å². The Balaban J connectivity index is 2.41. The molecular weight excluding hydrogens is 266 g/mol. The van der Waals surface area contributed by atoms with E-state index in [1.165, 1.54) is 16.2 Å². The van der Waals surface area contributed by atoms with Crippen LogP contribution in [0, 0.1) is 6.92 Å². The normalized spacial score (nSPS) is 11.8. The molecule has 3 nitrogen and oxygen atoms in total. The Morgan fingerprint density at radius 3 is 2.39 bits per heavy atom. The van der Waals surface area contributed by atoms with Crippen LogP contribution in [0.1, 0.15) is 41.0 Å². The zero-order chi connectivity index (χ0) is 13.5. The lowest BCUT2D eigenvalue weighted by atomic mass is 9.95. The molecule has 0 radical (unpaired) electrons. The van der Waals surface area contributed by atoms with Crippen molar-refractivity contribution in [2.75, 3.05) is 0 Å². The molecule has 0 spiro atoms. The van der Waals surface area contributed by atoms with Crippen LogP contribution >= 0.6 is 22.7 Å². The topological polar surface area (TPSA) is 50.2 Å². The second-order valence-electron chi connectivity index (χ2n) is 5.14. The molecule has 0 aliphatic carbocycles. The number of carboxylic acids is 1. The van der Waals surface area contributed by atoms with Crippen molar-refractivity contribution < 1.29 is 9.90 Å². The molecule has 96 valence electrons. The van der Waals surface area contributed by atoms with Gasteiger partial charge in [-0.05, 0) is 24.5 Å². The van der Waals surface area contributed by atoms with Crippen molar-refractivity contribution in [2.45, 2.75) is 33.1 Å². The average Bonchev–Trinajstić information content (AvgIpc) is 2.81. The molecule has 0 aliphatic heterocycles. The molecule has 1 N–H and O–H groups in total. The highest BCUT2D eigenvalue weighted by atomic mass is 32.1. The fourth-order valence-electron chi connectivity index (χ4n) is 1.56. The summed E-state index contributed by atoms with van der Waals surface area (Å²) in [6, 6.07) is 4.12. The minimum atomic E-state index is -0.956. The Bertz CT molecular complexity index is 590. The Hall–Kier alpha value is -1.20. The van der Waals surface area contributed by atoms with Crippen LogP contribution < -0.4 is 0 Å². The quantitative estimate of drug-likeness (QED) is 0.898. The van der Waals surface area contributed by atoms with Crippen molar-refractivity contribution in [3.63, 3.8) is 0 Å². The molecule has 18 heavy (non-hydrogen) atoms. The van der Waals surface area contributed by atoms with Gasteiger partial charge in [-0.15, -0.1) is 22.7 Å². The highest BCUT2D eigenvalue weighted by Gasteiger charge is 2.19. The van der Waals surface area contributed by atoms with Crippen LogP contribution in [-0.2, 0) is 5.41 Å². The zero-order valence-corrected chi connectivity index (χ0v) is 12.4. The molecule has 0 fully saturated rings. The van der Waals surface area contributed by atoms with E-state index < -0.39 is 5.97 Å². The van der Waals surface area contributed by atoms with Crippen LogP contribution in [0.3, 0.4) is 0 Å². The van der Waals surface area contributed by atoms with Crippen LogP contribution in [0.2, 0.25) is 0 Å². The van der Waals surface area contributed by atoms with Crippen molar-refractivity contribution in [1.29, 1.82) is 0 Å². The van der Waals surface area contributed by atoms with Crippen LogP contribution in [0.15, 0.2) is 12.1 Å². The lowest BCUT2D eigenvalue weighted by Gasteiger charge is -2.15. The minimum absolute atomic E-state index is 0.116. The molecule has 0 bridgehead atoms. The van der Waals surface area contributed by atoms with Gasteiger partial charge in [0.1, 0.15) is 5.01 Å². The first-order valence-corrected chi connectivity index (χ1v) is 7.24. The summed E-state index contributed by atoms with van der Waals surface area (Å²) in [5.74, 6) is -0.956. The largest absolute Gasteiger partial charge is 0.476 e. The molecule has 0 saturated heterocycles. The van der Waals surface area contributed by atoms with E-state index >= 15 is 0 Å². The maximum Gasteiger partial charge on any atom is 0.355 e. The van der Waals surface area contributed by atoms with Gasteiger partial charge in [-0.3, -0.25) is 0 Å². The maximum atomic E-state index is 11.0. The number of aromatic carboxylic acids is 1. The monoisotopic (exact) mass is 281 g/mol. The lowest BCUT2D eigenvalue weighted by molar-refractivity contribution is 0.0690. The van der Waals surface area contributed by atoms with E-state index in [4.69, 9.17) is 5.11 Å². The van der Waals surface area contributed by atoms with Gasteiger partial charge < -0.3 is 5.11 Å². The number of nitrogens with zero attached hydrogens (tertiary/aromatic N) is 1. The molecule has 0 amide bonds. The fraction of sp³-hybridized carbons (Fsp3) is 0.385. The standard InChI is InChI=1S/C13H15NO2S2/c1-7-10(12(15)16)14-11(17-7)8-5-6-9(18-8)13(2,3)4/h5-6H,1-4H3,(H,15,16).